The molecule has 0 bridgehead atoms. The molecule has 1 fully saturated rings. The predicted octanol–water partition coefficient (Wildman–Crippen LogP) is 2.27. The number of benzene rings is 1. The summed E-state index contributed by atoms with van der Waals surface area (Å²) in [6, 6.07) is 10.5. The van der Waals surface area contributed by atoms with Crippen LogP contribution >= 0.6 is 12.4 Å². The van der Waals surface area contributed by atoms with Crippen LogP contribution in [0.15, 0.2) is 30.3 Å². The van der Waals surface area contributed by atoms with Crippen molar-refractivity contribution in [2.75, 3.05) is 26.2 Å². The highest BCUT2D eigenvalue weighted by molar-refractivity contribution is 5.85. The van der Waals surface area contributed by atoms with Crippen molar-refractivity contribution in [2.24, 2.45) is 5.73 Å². The Balaban J connectivity index is 0.00000242. The fourth-order valence-corrected chi connectivity index (χ4v) is 2.99. The Morgan fingerprint density at radius 2 is 2.05 bits per heavy atom. The van der Waals surface area contributed by atoms with Gasteiger partial charge in [0, 0.05) is 25.7 Å². The maximum absolute atomic E-state index is 12.6. The minimum atomic E-state index is 0. The Hall–Kier alpha value is -1.10. The average molecular weight is 326 g/mol. The van der Waals surface area contributed by atoms with E-state index in [0.717, 1.165) is 19.5 Å². The lowest BCUT2D eigenvalue weighted by Gasteiger charge is -2.35. The fourth-order valence-electron chi connectivity index (χ4n) is 2.99. The summed E-state index contributed by atoms with van der Waals surface area (Å²) in [5, 5.41) is 0. The molecule has 1 unspecified atom stereocenters. The molecule has 4 nitrogen and oxygen atoms in total. The molecule has 1 aliphatic rings. The Kier molecular flexibility index (Phi) is 8.46. The number of halogens is 1. The summed E-state index contributed by atoms with van der Waals surface area (Å²) in [5.41, 5.74) is 7.02. The van der Waals surface area contributed by atoms with Gasteiger partial charge < -0.3 is 10.6 Å². The van der Waals surface area contributed by atoms with Gasteiger partial charge >= 0.3 is 0 Å². The van der Waals surface area contributed by atoms with Gasteiger partial charge in [-0.15, -0.1) is 12.4 Å². The highest BCUT2D eigenvalue weighted by atomic mass is 35.5. The van der Waals surface area contributed by atoms with E-state index in [1.165, 1.54) is 18.4 Å². The zero-order valence-electron chi connectivity index (χ0n) is 13.4. The number of carbonyl (C=O) groups excluding carboxylic acids is 1. The van der Waals surface area contributed by atoms with Crippen molar-refractivity contribution in [2.45, 2.75) is 38.8 Å². The lowest BCUT2D eigenvalue weighted by Crippen LogP contribution is -2.49. The molecule has 0 aliphatic carbocycles. The number of rotatable bonds is 6. The van der Waals surface area contributed by atoms with Gasteiger partial charge in [0.25, 0.3) is 0 Å². The Labute approximate surface area is 140 Å². The molecule has 5 heteroatoms. The van der Waals surface area contributed by atoms with Crippen molar-refractivity contribution < 1.29 is 4.79 Å². The molecule has 2 rings (SSSR count). The van der Waals surface area contributed by atoms with Crippen LogP contribution < -0.4 is 5.73 Å². The van der Waals surface area contributed by atoms with Crippen molar-refractivity contribution in [3.63, 3.8) is 0 Å². The molecule has 2 N–H and O–H groups in total. The third-order valence-electron chi connectivity index (χ3n) is 4.31. The van der Waals surface area contributed by atoms with Crippen molar-refractivity contribution >= 4 is 18.3 Å². The standard InChI is InChI=1S/C17H27N3O.ClH/c1-2-19(13-15-8-4-3-5-9-15)17(21)14-20-11-7-6-10-16(20)12-18;/h3-5,8-9,16H,2,6-7,10-14,18H2,1H3;1H. The van der Waals surface area contributed by atoms with Crippen LogP contribution in [-0.4, -0.2) is 47.9 Å². The number of hydrogen-bond donors (Lipinski definition) is 1. The zero-order chi connectivity index (χ0) is 15.1. The molecule has 22 heavy (non-hydrogen) atoms. The Morgan fingerprint density at radius 1 is 1.32 bits per heavy atom. The first-order chi connectivity index (χ1) is 10.2. The van der Waals surface area contributed by atoms with E-state index < -0.39 is 0 Å². The van der Waals surface area contributed by atoms with Crippen molar-refractivity contribution in [3.8, 4) is 0 Å². The van der Waals surface area contributed by atoms with Gasteiger partial charge in [0.05, 0.1) is 6.54 Å². The van der Waals surface area contributed by atoms with Gasteiger partial charge in [0.2, 0.25) is 5.91 Å². The summed E-state index contributed by atoms with van der Waals surface area (Å²) in [4.78, 5) is 16.7. The van der Waals surface area contributed by atoms with Gasteiger partial charge in [0.1, 0.15) is 0 Å². The molecule has 1 aromatic rings. The van der Waals surface area contributed by atoms with Crippen LogP contribution in [0.25, 0.3) is 0 Å². The van der Waals surface area contributed by atoms with Gasteiger partial charge in [-0.1, -0.05) is 36.8 Å². The Bertz CT molecular complexity index is 441. The van der Waals surface area contributed by atoms with Crippen molar-refractivity contribution in [1.29, 1.82) is 0 Å². The van der Waals surface area contributed by atoms with E-state index in [4.69, 9.17) is 5.73 Å². The normalized spacial score (nSPS) is 18.5. The summed E-state index contributed by atoms with van der Waals surface area (Å²) < 4.78 is 0. The lowest BCUT2D eigenvalue weighted by atomic mass is 10.0. The number of likely N-dealkylation sites (tertiary alicyclic amines) is 1. The van der Waals surface area contributed by atoms with E-state index in [1.807, 2.05) is 30.0 Å². The Morgan fingerprint density at radius 3 is 2.68 bits per heavy atom. The second-order valence-electron chi connectivity index (χ2n) is 5.75. The SMILES string of the molecule is CCN(Cc1ccccc1)C(=O)CN1CCCCC1CN.Cl. The molecule has 0 radical (unpaired) electrons. The number of nitrogens with zero attached hydrogens (tertiary/aromatic N) is 2. The van der Waals surface area contributed by atoms with Gasteiger partial charge in [-0.05, 0) is 31.9 Å². The van der Waals surface area contributed by atoms with Crippen LogP contribution in [0.4, 0.5) is 0 Å². The van der Waals surface area contributed by atoms with Crippen LogP contribution in [0.3, 0.4) is 0 Å². The van der Waals surface area contributed by atoms with Crippen LogP contribution in [0, 0.1) is 0 Å². The van der Waals surface area contributed by atoms with Crippen molar-refractivity contribution in [1.82, 2.24) is 9.80 Å². The van der Waals surface area contributed by atoms with Crippen LogP contribution in [0.1, 0.15) is 31.7 Å². The second kappa shape index (κ2) is 9.82. The van der Waals surface area contributed by atoms with E-state index in [-0.39, 0.29) is 18.3 Å². The minimum absolute atomic E-state index is 0. The lowest BCUT2D eigenvalue weighted by molar-refractivity contribution is -0.133. The summed E-state index contributed by atoms with van der Waals surface area (Å²) in [6.07, 6.45) is 3.53. The van der Waals surface area contributed by atoms with Crippen LogP contribution in [0.2, 0.25) is 0 Å². The largest absolute Gasteiger partial charge is 0.338 e. The fraction of sp³-hybridized carbons (Fsp3) is 0.588. The number of carbonyl (C=O) groups is 1. The molecule has 0 aromatic heterocycles. The van der Waals surface area contributed by atoms with E-state index in [1.54, 1.807) is 0 Å². The van der Waals surface area contributed by atoms with E-state index in [0.29, 0.717) is 25.7 Å². The predicted molar refractivity (Wildman–Crippen MR) is 93.0 cm³/mol. The average Bonchev–Trinajstić information content (AvgIpc) is 2.54. The molecule has 124 valence electrons. The van der Waals surface area contributed by atoms with Crippen LogP contribution in [-0.2, 0) is 11.3 Å². The topological polar surface area (TPSA) is 49.6 Å². The molecular formula is C17H28ClN3O. The molecule has 1 atom stereocenters. The van der Waals surface area contributed by atoms with E-state index >= 15 is 0 Å². The molecule has 1 saturated heterocycles. The van der Waals surface area contributed by atoms with Gasteiger partial charge in [-0.2, -0.15) is 0 Å². The zero-order valence-corrected chi connectivity index (χ0v) is 14.2. The number of amides is 1. The first-order valence-corrected chi connectivity index (χ1v) is 8.00. The summed E-state index contributed by atoms with van der Waals surface area (Å²) in [6.45, 7) is 5.63. The minimum Gasteiger partial charge on any atom is -0.338 e. The first-order valence-electron chi connectivity index (χ1n) is 8.00. The summed E-state index contributed by atoms with van der Waals surface area (Å²) in [5.74, 6) is 0.210. The highest BCUT2D eigenvalue weighted by Crippen LogP contribution is 2.16. The first kappa shape index (κ1) is 18.9. The molecule has 1 aromatic carbocycles. The monoisotopic (exact) mass is 325 g/mol. The molecule has 0 saturated carbocycles. The number of hydrogen-bond acceptors (Lipinski definition) is 3. The third-order valence-corrected chi connectivity index (χ3v) is 4.31. The number of piperidine rings is 1. The quantitative estimate of drug-likeness (QED) is 0.873. The molecule has 1 amide bonds. The number of nitrogens with two attached hydrogens (primary N) is 1. The van der Waals surface area contributed by atoms with Gasteiger partial charge in [-0.3, -0.25) is 9.69 Å². The number of likely N-dealkylation sites (N-methyl/N-ethyl adjacent to an activating group) is 1. The van der Waals surface area contributed by atoms with E-state index in [9.17, 15) is 4.79 Å². The summed E-state index contributed by atoms with van der Waals surface area (Å²) in [7, 11) is 0. The maximum atomic E-state index is 12.6. The highest BCUT2D eigenvalue weighted by Gasteiger charge is 2.24. The second-order valence-corrected chi connectivity index (χ2v) is 5.75. The smallest absolute Gasteiger partial charge is 0.237 e. The molecular weight excluding hydrogens is 298 g/mol. The van der Waals surface area contributed by atoms with E-state index in [2.05, 4.69) is 17.0 Å². The molecule has 1 heterocycles. The van der Waals surface area contributed by atoms with Crippen LogP contribution in [0.5, 0.6) is 0 Å². The van der Waals surface area contributed by atoms with Gasteiger partial charge in [-0.25, -0.2) is 0 Å². The molecule has 0 spiro atoms. The maximum Gasteiger partial charge on any atom is 0.237 e. The summed E-state index contributed by atoms with van der Waals surface area (Å²) >= 11 is 0. The van der Waals surface area contributed by atoms with Crippen molar-refractivity contribution in [3.05, 3.63) is 35.9 Å². The van der Waals surface area contributed by atoms with Gasteiger partial charge in [0.15, 0.2) is 0 Å². The third kappa shape index (κ3) is 5.27. The molecule has 1 aliphatic heterocycles.